The number of nitrogens with one attached hydrogen (secondary N) is 1. The quantitative estimate of drug-likeness (QED) is 0.877. The Hall–Kier alpha value is -1.35. The summed E-state index contributed by atoms with van der Waals surface area (Å²) >= 11 is 0. The van der Waals surface area contributed by atoms with Gasteiger partial charge in [0.05, 0.1) is 12.0 Å². The molecule has 0 unspecified atom stereocenters. The Morgan fingerprint density at radius 2 is 1.90 bits per heavy atom. The second-order valence-electron chi connectivity index (χ2n) is 6.25. The van der Waals surface area contributed by atoms with Crippen LogP contribution in [0.4, 0.5) is 5.69 Å². The van der Waals surface area contributed by atoms with Crippen LogP contribution in [0.1, 0.15) is 63.9 Å². The van der Waals surface area contributed by atoms with Crippen LogP contribution in [-0.2, 0) is 4.79 Å². The first-order valence-corrected chi connectivity index (χ1v) is 7.61. The molecule has 110 valence electrons. The van der Waals surface area contributed by atoms with Crippen LogP contribution in [0.15, 0.2) is 24.3 Å². The first-order valence-electron chi connectivity index (χ1n) is 7.61. The highest BCUT2D eigenvalue weighted by Gasteiger charge is 2.31. The van der Waals surface area contributed by atoms with Gasteiger partial charge in [0.1, 0.15) is 0 Å². The number of rotatable bonds is 4. The molecule has 1 fully saturated rings. The lowest BCUT2D eigenvalue weighted by molar-refractivity contribution is -0.122. The van der Waals surface area contributed by atoms with E-state index in [2.05, 4.69) is 19.2 Å². The highest BCUT2D eigenvalue weighted by Crippen LogP contribution is 2.31. The van der Waals surface area contributed by atoms with Crippen molar-refractivity contribution in [3.8, 4) is 0 Å². The highest BCUT2D eigenvalue weighted by molar-refractivity contribution is 5.92. The van der Waals surface area contributed by atoms with Crippen LogP contribution in [0.3, 0.4) is 0 Å². The van der Waals surface area contributed by atoms with Gasteiger partial charge in [0.15, 0.2) is 0 Å². The van der Waals surface area contributed by atoms with E-state index < -0.39 is 5.60 Å². The van der Waals surface area contributed by atoms with Crippen molar-refractivity contribution in [2.75, 3.05) is 5.32 Å². The van der Waals surface area contributed by atoms with Gasteiger partial charge in [-0.05, 0) is 30.4 Å². The zero-order valence-corrected chi connectivity index (χ0v) is 12.5. The Morgan fingerprint density at radius 3 is 2.55 bits per heavy atom. The van der Waals surface area contributed by atoms with Gasteiger partial charge in [-0.3, -0.25) is 4.79 Å². The van der Waals surface area contributed by atoms with Crippen molar-refractivity contribution < 1.29 is 9.90 Å². The minimum Gasteiger partial charge on any atom is -0.389 e. The predicted octanol–water partition coefficient (Wildman–Crippen LogP) is 3.83. The maximum atomic E-state index is 12.2. The van der Waals surface area contributed by atoms with Crippen molar-refractivity contribution in [2.24, 2.45) is 0 Å². The molecule has 3 heteroatoms. The van der Waals surface area contributed by atoms with E-state index >= 15 is 0 Å². The molecule has 0 spiro atoms. The van der Waals surface area contributed by atoms with Crippen molar-refractivity contribution >= 4 is 11.6 Å². The summed E-state index contributed by atoms with van der Waals surface area (Å²) in [5, 5.41) is 13.4. The van der Waals surface area contributed by atoms with Crippen LogP contribution >= 0.6 is 0 Å². The fraction of sp³-hybridized carbons (Fsp3) is 0.588. The zero-order valence-electron chi connectivity index (χ0n) is 12.5. The van der Waals surface area contributed by atoms with Crippen molar-refractivity contribution in [3.63, 3.8) is 0 Å². The molecular weight excluding hydrogens is 250 g/mol. The van der Waals surface area contributed by atoms with Gasteiger partial charge in [0.2, 0.25) is 5.91 Å². The lowest BCUT2D eigenvalue weighted by atomic mass is 9.82. The van der Waals surface area contributed by atoms with E-state index in [1.165, 1.54) is 6.42 Å². The number of aliphatic hydroxyl groups is 1. The molecule has 0 atom stereocenters. The van der Waals surface area contributed by atoms with Crippen molar-refractivity contribution in [1.29, 1.82) is 0 Å². The van der Waals surface area contributed by atoms with E-state index in [1.807, 2.05) is 24.3 Å². The maximum Gasteiger partial charge on any atom is 0.227 e. The fourth-order valence-electron chi connectivity index (χ4n) is 2.99. The lowest BCUT2D eigenvalue weighted by Gasteiger charge is -2.31. The van der Waals surface area contributed by atoms with Crippen LogP contribution < -0.4 is 5.32 Å². The first-order chi connectivity index (χ1) is 9.50. The van der Waals surface area contributed by atoms with E-state index in [-0.39, 0.29) is 12.3 Å². The second-order valence-corrected chi connectivity index (χ2v) is 6.25. The number of hydrogen-bond acceptors (Lipinski definition) is 2. The SMILES string of the molecule is CC(C)c1ccccc1NC(=O)CC1(O)CCCCC1. The Bertz CT molecular complexity index is 462. The van der Waals surface area contributed by atoms with Gasteiger partial charge in [0.25, 0.3) is 0 Å². The van der Waals surface area contributed by atoms with Crippen molar-refractivity contribution in [1.82, 2.24) is 0 Å². The molecule has 0 bridgehead atoms. The van der Waals surface area contributed by atoms with Crippen LogP contribution in [0.5, 0.6) is 0 Å². The third kappa shape index (κ3) is 3.83. The second kappa shape index (κ2) is 6.40. The molecule has 1 aliphatic carbocycles. The highest BCUT2D eigenvalue weighted by atomic mass is 16.3. The third-order valence-corrected chi connectivity index (χ3v) is 4.13. The number of amides is 1. The molecule has 2 N–H and O–H groups in total. The first kappa shape index (κ1) is 15.0. The number of hydrogen-bond donors (Lipinski definition) is 2. The molecular formula is C17H25NO2. The summed E-state index contributed by atoms with van der Waals surface area (Å²) in [5.41, 5.74) is 1.21. The normalized spacial score (nSPS) is 18.0. The van der Waals surface area contributed by atoms with E-state index in [0.717, 1.165) is 36.9 Å². The molecule has 1 amide bonds. The van der Waals surface area contributed by atoms with Gasteiger partial charge < -0.3 is 10.4 Å². The number of para-hydroxylation sites is 1. The molecule has 0 heterocycles. The molecule has 1 aliphatic rings. The minimum atomic E-state index is -0.797. The zero-order chi connectivity index (χ0) is 14.6. The Balaban J connectivity index is 2.01. The molecule has 20 heavy (non-hydrogen) atoms. The van der Waals surface area contributed by atoms with E-state index in [1.54, 1.807) is 0 Å². The lowest BCUT2D eigenvalue weighted by Crippen LogP contribution is -2.36. The van der Waals surface area contributed by atoms with Crippen molar-refractivity contribution in [2.45, 2.75) is 63.9 Å². The average molecular weight is 275 g/mol. The van der Waals surface area contributed by atoms with E-state index in [9.17, 15) is 9.90 Å². The molecule has 3 nitrogen and oxygen atoms in total. The molecule has 0 aliphatic heterocycles. The molecule has 0 saturated heterocycles. The van der Waals surface area contributed by atoms with E-state index in [4.69, 9.17) is 0 Å². The summed E-state index contributed by atoms with van der Waals surface area (Å²) in [6.45, 7) is 4.22. The van der Waals surface area contributed by atoms with E-state index in [0.29, 0.717) is 5.92 Å². The Morgan fingerprint density at radius 1 is 1.25 bits per heavy atom. The molecule has 2 rings (SSSR count). The van der Waals surface area contributed by atoms with Gasteiger partial charge in [0, 0.05) is 5.69 Å². The number of anilines is 1. The summed E-state index contributed by atoms with van der Waals surface area (Å²) < 4.78 is 0. The summed E-state index contributed by atoms with van der Waals surface area (Å²) in [6, 6.07) is 7.88. The number of carbonyl (C=O) groups is 1. The van der Waals surface area contributed by atoms with Crippen LogP contribution in [0, 0.1) is 0 Å². The monoisotopic (exact) mass is 275 g/mol. The maximum absolute atomic E-state index is 12.2. The number of carbonyl (C=O) groups excluding carboxylic acids is 1. The van der Waals surface area contributed by atoms with Gasteiger partial charge in [-0.2, -0.15) is 0 Å². The van der Waals surface area contributed by atoms with Gasteiger partial charge in [-0.25, -0.2) is 0 Å². The molecule has 1 saturated carbocycles. The van der Waals surface area contributed by atoms with Gasteiger partial charge in [-0.1, -0.05) is 51.3 Å². The van der Waals surface area contributed by atoms with Crippen LogP contribution in [-0.4, -0.2) is 16.6 Å². The Labute approximate surface area is 121 Å². The Kier molecular flexibility index (Phi) is 4.81. The topological polar surface area (TPSA) is 49.3 Å². The molecule has 0 radical (unpaired) electrons. The van der Waals surface area contributed by atoms with Gasteiger partial charge in [-0.15, -0.1) is 0 Å². The summed E-state index contributed by atoms with van der Waals surface area (Å²) in [7, 11) is 0. The molecule has 1 aromatic rings. The molecule has 1 aromatic carbocycles. The largest absolute Gasteiger partial charge is 0.389 e. The summed E-state index contributed by atoms with van der Waals surface area (Å²) in [5.74, 6) is 0.284. The minimum absolute atomic E-state index is 0.0810. The van der Waals surface area contributed by atoms with Crippen LogP contribution in [0.2, 0.25) is 0 Å². The fourth-order valence-corrected chi connectivity index (χ4v) is 2.99. The van der Waals surface area contributed by atoms with Crippen molar-refractivity contribution in [3.05, 3.63) is 29.8 Å². The third-order valence-electron chi connectivity index (χ3n) is 4.13. The summed E-state index contributed by atoms with van der Waals surface area (Å²) in [4.78, 5) is 12.2. The molecule has 0 aromatic heterocycles. The van der Waals surface area contributed by atoms with Crippen LogP contribution in [0.25, 0.3) is 0 Å². The standard InChI is InChI=1S/C17H25NO2/c1-13(2)14-8-4-5-9-15(14)18-16(19)12-17(20)10-6-3-7-11-17/h4-5,8-9,13,20H,3,6-7,10-12H2,1-2H3,(H,18,19). The smallest absolute Gasteiger partial charge is 0.227 e. The average Bonchev–Trinajstić information content (AvgIpc) is 2.39. The number of benzene rings is 1. The summed E-state index contributed by atoms with van der Waals surface area (Å²) in [6.07, 6.45) is 4.90. The van der Waals surface area contributed by atoms with Gasteiger partial charge >= 0.3 is 0 Å². The predicted molar refractivity (Wildman–Crippen MR) is 81.8 cm³/mol.